The molecule has 0 bridgehead atoms. The highest BCUT2D eigenvalue weighted by atomic mass is 35.5. The molecule has 1 aromatic rings. The fourth-order valence-electron chi connectivity index (χ4n) is 1.26. The smallest absolute Gasteiger partial charge is 0.305 e. The Morgan fingerprint density at radius 1 is 1.47 bits per heavy atom. The lowest BCUT2D eigenvalue weighted by molar-refractivity contribution is -0.143. The maximum Gasteiger partial charge on any atom is 0.305 e. The van der Waals surface area contributed by atoms with Gasteiger partial charge in [-0.15, -0.1) is 11.3 Å². The minimum atomic E-state index is -3.69. The van der Waals surface area contributed by atoms with E-state index in [4.69, 9.17) is 27.9 Å². The zero-order valence-electron chi connectivity index (χ0n) is 10.1. The molecule has 0 aliphatic rings. The van der Waals surface area contributed by atoms with Crippen LogP contribution in [0.5, 0.6) is 0 Å². The zero-order valence-corrected chi connectivity index (χ0v) is 13.3. The van der Waals surface area contributed by atoms with Crippen LogP contribution in [0.4, 0.5) is 0 Å². The van der Waals surface area contributed by atoms with E-state index in [1.54, 1.807) is 6.92 Å². The quantitative estimate of drug-likeness (QED) is 0.609. The van der Waals surface area contributed by atoms with Crippen molar-refractivity contribution in [3.05, 3.63) is 14.7 Å². The van der Waals surface area contributed by atoms with Crippen LogP contribution >= 0.6 is 34.5 Å². The van der Waals surface area contributed by atoms with Crippen molar-refractivity contribution in [3.63, 3.8) is 0 Å². The number of ether oxygens (including phenoxy) is 1. The minimum Gasteiger partial charge on any atom is -0.466 e. The number of sulfonamides is 1. The summed E-state index contributed by atoms with van der Waals surface area (Å²) in [5, 5.41) is 0. The second kappa shape index (κ2) is 7.44. The van der Waals surface area contributed by atoms with E-state index in [2.05, 4.69) is 4.72 Å². The molecule has 1 heterocycles. The van der Waals surface area contributed by atoms with Crippen molar-refractivity contribution in [2.45, 2.75) is 24.7 Å². The lowest BCUT2D eigenvalue weighted by Crippen LogP contribution is -2.25. The molecule has 0 radical (unpaired) electrons. The van der Waals surface area contributed by atoms with E-state index in [0.29, 0.717) is 17.4 Å². The molecular formula is C10H13Cl2NO4S2. The third-order valence-electron chi connectivity index (χ3n) is 2.07. The number of esters is 1. The first-order chi connectivity index (χ1) is 8.86. The number of thiophene rings is 1. The molecule has 0 unspecified atom stereocenters. The van der Waals surface area contributed by atoms with Crippen LogP contribution in [0.2, 0.25) is 8.67 Å². The van der Waals surface area contributed by atoms with E-state index in [9.17, 15) is 13.2 Å². The molecule has 0 saturated heterocycles. The van der Waals surface area contributed by atoms with Gasteiger partial charge >= 0.3 is 5.97 Å². The van der Waals surface area contributed by atoms with Gasteiger partial charge in [0.25, 0.3) is 0 Å². The van der Waals surface area contributed by atoms with Crippen molar-refractivity contribution in [1.29, 1.82) is 0 Å². The number of carbonyl (C=O) groups is 1. The highest BCUT2D eigenvalue weighted by molar-refractivity contribution is 7.89. The largest absolute Gasteiger partial charge is 0.466 e. The van der Waals surface area contributed by atoms with Gasteiger partial charge in [-0.1, -0.05) is 23.2 Å². The summed E-state index contributed by atoms with van der Waals surface area (Å²) in [6, 6.07) is 1.29. The number of hydrogen-bond donors (Lipinski definition) is 1. The fraction of sp³-hybridized carbons (Fsp3) is 0.500. The maximum atomic E-state index is 11.9. The van der Waals surface area contributed by atoms with E-state index in [-0.39, 0.29) is 28.2 Å². The number of carbonyl (C=O) groups excluding carboxylic acids is 1. The van der Waals surface area contributed by atoms with Crippen molar-refractivity contribution >= 4 is 50.5 Å². The summed E-state index contributed by atoms with van der Waals surface area (Å²) < 4.78 is 31.2. The van der Waals surface area contributed by atoms with Crippen LogP contribution in [0.3, 0.4) is 0 Å². The number of hydrogen-bond acceptors (Lipinski definition) is 5. The van der Waals surface area contributed by atoms with Crippen molar-refractivity contribution in [2.24, 2.45) is 0 Å². The lowest BCUT2D eigenvalue weighted by Gasteiger charge is -2.05. The molecule has 0 amide bonds. The van der Waals surface area contributed by atoms with Crippen molar-refractivity contribution in [3.8, 4) is 0 Å². The molecule has 1 aromatic heterocycles. The van der Waals surface area contributed by atoms with Gasteiger partial charge in [-0.05, 0) is 19.4 Å². The summed E-state index contributed by atoms with van der Waals surface area (Å²) in [5.41, 5.74) is 0. The summed E-state index contributed by atoms with van der Waals surface area (Å²) in [7, 11) is -3.69. The van der Waals surface area contributed by atoms with E-state index < -0.39 is 10.0 Å². The topological polar surface area (TPSA) is 72.5 Å². The van der Waals surface area contributed by atoms with Gasteiger partial charge in [0.2, 0.25) is 10.0 Å². The number of rotatable bonds is 7. The molecule has 19 heavy (non-hydrogen) atoms. The molecule has 0 spiro atoms. The van der Waals surface area contributed by atoms with Crippen LogP contribution < -0.4 is 4.72 Å². The molecule has 9 heteroatoms. The Bertz CT molecular complexity index is 542. The van der Waals surface area contributed by atoms with Gasteiger partial charge in [-0.25, -0.2) is 13.1 Å². The molecule has 108 valence electrons. The van der Waals surface area contributed by atoms with Crippen LogP contribution in [0.1, 0.15) is 19.8 Å². The van der Waals surface area contributed by atoms with Crippen molar-refractivity contribution in [2.75, 3.05) is 13.2 Å². The normalized spacial score (nSPS) is 11.5. The minimum absolute atomic E-state index is 0.0414. The molecule has 0 atom stereocenters. The average Bonchev–Trinajstić information content (AvgIpc) is 2.65. The molecule has 0 saturated carbocycles. The Kier molecular flexibility index (Phi) is 6.55. The standard InChI is InChI=1S/C10H13Cl2NO4S2/c1-2-17-9(14)4-3-5-13-19(15,16)7-6-8(11)18-10(7)12/h6,13H,2-5H2,1H3. The van der Waals surface area contributed by atoms with Crippen LogP contribution in [0.15, 0.2) is 11.0 Å². The maximum absolute atomic E-state index is 11.9. The Hall–Kier alpha value is -0.340. The Labute approximate surface area is 125 Å². The van der Waals surface area contributed by atoms with Gasteiger partial charge in [-0.2, -0.15) is 0 Å². The van der Waals surface area contributed by atoms with Crippen LogP contribution in [-0.2, 0) is 19.6 Å². The summed E-state index contributed by atoms with van der Waals surface area (Å²) in [6.45, 7) is 2.15. The first kappa shape index (κ1) is 16.7. The van der Waals surface area contributed by atoms with E-state index in [1.807, 2.05) is 0 Å². The van der Waals surface area contributed by atoms with E-state index in [0.717, 1.165) is 11.3 Å². The first-order valence-corrected chi connectivity index (χ1v) is 8.52. The molecule has 0 aromatic carbocycles. The summed E-state index contributed by atoms with van der Waals surface area (Å²) >= 11 is 12.4. The Morgan fingerprint density at radius 3 is 2.68 bits per heavy atom. The van der Waals surface area contributed by atoms with Gasteiger partial charge in [0.05, 0.1) is 10.9 Å². The Morgan fingerprint density at radius 2 is 2.16 bits per heavy atom. The molecule has 0 aliphatic carbocycles. The molecule has 0 aliphatic heterocycles. The first-order valence-electron chi connectivity index (χ1n) is 5.47. The second-order valence-corrected chi connectivity index (χ2v) is 7.52. The molecule has 1 N–H and O–H groups in total. The fourth-order valence-corrected chi connectivity index (χ4v) is 4.48. The molecular weight excluding hydrogens is 333 g/mol. The van der Waals surface area contributed by atoms with Gasteiger partial charge in [-0.3, -0.25) is 4.79 Å². The monoisotopic (exact) mass is 345 g/mol. The van der Waals surface area contributed by atoms with Crippen molar-refractivity contribution in [1.82, 2.24) is 4.72 Å². The van der Waals surface area contributed by atoms with Crippen LogP contribution in [-0.4, -0.2) is 27.5 Å². The Balaban J connectivity index is 2.48. The number of nitrogens with one attached hydrogen (secondary N) is 1. The van der Waals surface area contributed by atoms with Gasteiger partial charge in [0, 0.05) is 13.0 Å². The SMILES string of the molecule is CCOC(=O)CCCNS(=O)(=O)c1cc(Cl)sc1Cl. The number of halogens is 2. The van der Waals surface area contributed by atoms with Gasteiger partial charge < -0.3 is 4.74 Å². The zero-order chi connectivity index (χ0) is 14.5. The predicted octanol–water partition coefficient (Wildman–Crippen LogP) is 2.68. The third-order valence-corrected chi connectivity index (χ3v) is 5.28. The second-order valence-electron chi connectivity index (χ2n) is 3.49. The summed E-state index contributed by atoms with van der Waals surface area (Å²) in [5.74, 6) is -0.349. The average molecular weight is 346 g/mol. The highest BCUT2D eigenvalue weighted by Crippen LogP contribution is 2.33. The van der Waals surface area contributed by atoms with Crippen LogP contribution in [0.25, 0.3) is 0 Å². The summed E-state index contributed by atoms with van der Waals surface area (Å²) in [6.07, 6.45) is 0.516. The van der Waals surface area contributed by atoms with Gasteiger partial charge in [0.15, 0.2) is 0 Å². The molecule has 1 rings (SSSR count). The predicted molar refractivity (Wildman–Crippen MR) is 75.4 cm³/mol. The third kappa shape index (κ3) is 5.27. The highest BCUT2D eigenvalue weighted by Gasteiger charge is 2.20. The summed E-state index contributed by atoms with van der Waals surface area (Å²) in [4.78, 5) is 11.0. The van der Waals surface area contributed by atoms with Crippen molar-refractivity contribution < 1.29 is 17.9 Å². The van der Waals surface area contributed by atoms with Crippen LogP contribution in [0, 0.1) is 0 Å². The molecule has 5 nitrogen and oxygen atoms in total. The van der Waals surface area contributed by atoms with Gasteiger partial charge in [0.1, 0.15) is 9.23 Å². The molecule has 0 fully saturated rings. The van der Waals surface area contributed by atoms with E-state index in [1.165, 1.54) is 6.07 Å². The van der Waals surface area contributed by atoms with E-state index >= 15 is 0 Å². The lowest BCUT2D eigenvalue weighted by atomic mass is 10.3.